The van der Waals surface area contributed by atoms with Crippen molar-refractivity contribution in [1.82, 2.24) is 0 Å². The lowest BCUT2D eigenvalue weighted by atomic mass is 10.2. The van der Waals surface area contributed by atoms with E-state index >= 15 is 0 Å². The first-order valence-electron chi connectivity index (χ1n) is 10.2. The van der Waals surface area contributed by atoms with E-state index in [0.29, 0.717) is 0 Å². The van der Waals surface area contributed by atoms with Crippen molar-refractivity contribution in [2.45, 2.75) is 74.6 Å². The minimum atomic E-state index is -4.66. The third kappa shape index (κ3) is 7.95. The molecule has 10 N–H and O–H groups in total. The summed E-state index contributed by atoms with van der Waals surface area (Å²) in [5.74, 6) is 0. The first-order valence-corrected chi connectivity index (χ1v) is 13.2. The summed E-state index contributed by atoms with van der Waals surface area (Å²) in [6.45, 7) is -1.51. The van der Waals surface area contributed by atoms with Gasteiger partial charge in [0.25, 0.3) is 0 Å². The van der Waals surface area contributed by atoms with Gasteiger partial charge in [0.1, 0.15) is 49.2 Å². The zero-order valence-electron chi connectivity index (χ0n) is 17.5. The first-order chi connectivity index (χ1) is 15.4. The van der Waals surface area contributed by atoms with E-state index in [1.807, 2.05) is 0 Å². The Kier molecular flexibility index (Phi) is 9.42. The second-order valence-electron chi connectivity index (χ2n) is 7.91. The number of nitrogens with two attached hydrogens (primary N) is 3. The summed E-state index contributed by atoms with van der Waals surface area (Å²) in [5.41, 5.74) is 16.8. The van der Waals surface area contributed by atoms with Crippen LogP contribution in [0.15, 0.2) is 0 Å². The van der Waals surface area contributed by atoms with Gasteiger partial charge in [-0.1, -0.05) is 0 Å². The Morgan fingerprint density at radius 1 is 0.758 bits per heavy atom. The van der Waals surface area contributed by atoms with Crippen molar-refractivity contribution in [1.29, 1.82) is 0 Å². The Bertz CT molecular complexity index is 750. The second kappa shape index (κ2) is 11.3. The van der Waals surface area contributed by atoms with Crippen LogP contribution in [0.5, 0.6) is 0 Å². The molecule has 0 bridgehead atoms. The Balaban J connectivity index is 1.50. The molecular weight excluding hydrogens is 492 g/mol. The van der Waals surface area contributed by atoms with E-state index in [4.69, 9.17) is 49.5 Å². The van der Waals surface area contributed by atoms with Crippen LogP contribution < -0.4 is 17.2 Å². The Morgan fingerprint density at radius 2 is 1.18 bits per heavy atom. The average Bonchev–Trinajstić information content (AvgIpc) is 3.33. The van der Waals surface area contributed by atoms with Gasteiger partial charge >= 0.3 is 15.6 Å². The number of phosphoric ester groups is 2. The molecule has 3 saturated heterocycles. The summed E-state index contributed by atoms with van der Waals surface area (Å²) in [6, 6.07) is 0. The number of ether oxygens (including phenoxy) is 3. The van der Waals surface area contributed by atoms with E-state index in [-0.39, 0.29) is 19.3 Å². The van der Waals surface area contributed by atoms with E-state index in [1.165, 1.54) is 0 Å². The zero-order chi connectivity index (χ0) is 24.4. The zero-order valence-corrected chi connectivity index (χ0v) is 19.3. The monoisotopic (exact) mass is 523 g/mol. The lowest BCUT2D eigenvalue weighted by molar-refractivity contribution is -0.0431. The van der Waals surface area contributed by atoms with Gasteiger partial charge in [0.2, 0.25) is 0 Å². The maximum absolute atomic E-state index is 12.3. The number of rotatable bonds is 11. The van der Waals surface area contributed by atoms with Crippen molar-refractivity contribution in [3.63, 3.8) is 0 Å². The van der Waals surface area contributed by atoms with Crippen molar-refractivity contribution in [2.75, 3.05) is 19.8 Å². The van der Waals surface area contributed by atoms with Gasteiger partial charge in [0, 0.05) is 19.3 Å². The minimum absolute atomic E-state index is 0.0378. The van der Waals surface area contributed by atoms with Crippen LogP contribution in [0.1, 0.15) is 19.3 Å². The lowest BCUT2D eigenvalue weighted by Gasteiger charge is -2.24. The molecule has 3 aliphatic heterocycles. The van der Waals surface area contributed by atoms with E-state index in [2.05, 4.69) is 0 Å². The SMILES string of the molecule is N[C@@H]1C[C@H](O)[C@@H](COP(=O)(O)O[C@@H]2C[C@H](N)O[C@@H]2COP(=O)(O)O[C@@H]2C[C@H](N)O[C@@H]2CO)O1. The fraction of sp³-hybridized carbons (Fsp3) is 1.00. The summed E-state index contributed by atoms with van der Waals surface area (Å²) in [4.78, 5) is 20.0. The molecule has 33 heavy (non-hydrogen) atoms. The Hall–Kier alpha value is -0.100. The lowest BCUT2D eigenvalue weighted by Crippen LogP contribution is -2.31. The largest absolute Gasteiger partial charge is 0.472 e. The molecular formula is C15H31N3O13P2. The highest BCUT2D eigenvalue weighted by Gasteiger charge is 2.44. The minimum Gasteiger partial charge on any atom is -0.394 e. The molecule has 11 atom stereocenters. The molecule has 0 aromatic heterocycles. The number of aliphatic hydroxyl groups excluding tert-OH is 2. The molecule has 16 nitrogen and oxygen atoms in total. The maximum Gasteiger partial charge on any atom is 0.472 e. The van der Waals surface area contributed by atoms with Gasteiger partial charge in [-0.2, -0.15) is 0 Å². The molecule has 3 fully saturated rings. The van der Waals surface area contributed by atoms with Crippen molar-refractivity contribution >= 4 is 15.6 Å². The van der Waals surface area contributed by atoms with Crippen molar-refractivity contribution < 1.29 is 61.4 Å². The normalized spacial score (nSPS) is 42.9. The number of aliphatic hydroxyl groups is 2. The molecule has 0 saturated carbocycles. The van der Waals surface area contributed by atoms with Gasteiger partial charge in [0.05, 0.1) is 25.9 Å². The van der Waals surface area contributed by atoms with Crippen LogP contribution in [0.25, 0.3) is 0 Å². The van der Waals surface area contributed by atoms with Gasteiger partial charge in [0.15, 0.2) is 0 Å². The maximum atomic E-state index is 12.3. The number of hydrogen-bond donors (Lipinski definition) is 7. The van der Waals surface area contributed by atoms with Crippen LogP contribution in [0.2, 0.25) is 0 Å². The molecule has 3 aliphatic rings. The fourth-order valence-corrected chi connectivity index (χ4v) is 5.60. The van der Waals surface area contributed by atoms with Gasteiger partial charge < -0.3 is 51.4 Å². The topological polar surface area (TPSA) is 258 Å². The third-order valence-electron chi connectivity index (χ3n) is 5.23. The molecule has 0 amide bonds. The number of hydrogen-bond acceptors (Lipinski definition) is 14. The van der Waals surface area contributed by atoms with E-state index < -0.39 is 90.8 Å². The van der Waals surface area contributed by atoms with Crippen LogP contribution >= 0.6 is 15.6 Å². The first kappa shape index (κ1) is 27.5. The summed E-state index contributed by atoms with van der Waals surface area (Å²) in [5, 5.41) is 19.0. The summed E-state index contributed by atoms with van der Waals surface area (Å²) >= 11 is 0. The highest BCUT2D eigenvalue weighted by Crippen LogP contribution is 2.50. The molecule has 3 heterocycles. The van der Waals surface area contributed by atoms with E-state index in [9.17, 15) is 29.1 Å². The van der Waals surface area contributed by atoms with Crippen molar-refractivity contribution in [3.05, 3.63) is 0 Å². The van der Waals surface area contributed by atoms with E-state index in [0.717, 1.165) is 0 Å². The summed E-state index contributed by atoms with van der Waals surface area (Å²) < 4.78 is 60.2. The molecule has 194 valence electrons. The predicted octanol–water partition coefficient (Wildman–Crippen LogP) is -2.43. The molecule has 0 radical (unpaired) electrons. The molecule has 0 spiro atoms. The smallest absolute Gasteiger partial charge is 0.394 e. The molecule has 2 unspecified atom stereocenters. The quantitative estimate of drug-likeness (QED) is 0.139. The van der Waals surface area contributed by atoms with Crippen molar-refractivity contribution in [3.8, 4) is 0 Å². The van der Waals surface area contributed by atoms with E-state index in [1.54, 1.807) is 0 Å². The second-order valence-corrected chi connectivity index (χ2v) is 10.7. The molecule has 0 aliphatic carbocycles. The highest BCUT2D eigenvalue weighted by atomic mass is 31.2. The molecule has 18 heteroatoms. The van der Waals surface area contributed by atoms with Gasteiger partial charge in [-0.15, -0.1) is 0 Å². The number of phosphoric acid groups is 2. The van der Waals surface area contributed by atoms with Crippen LogP contribution in [0, 0.1) is 0 Å². The molecule has 0 aromatic rings. The van der Waals surface area contributed by atoms with Crippen molar-refractivity contribution in [2.24, 2.45) is 17.2 Å². The standard InChI is InChI=1S/C15H31N3O13P2/c16-13-1-7(20)11(28-13)5-25-32(21,22)31-9-3-15(18)29-12(9)6-26-33(23,24)30-8-2-14(17)27-10(8)4-19/h7-15,19-20H,1-6,16-18H2,(H,21,22)(H,23,24)/t7-,8+,9+,10+,11+,12+,13-,14+,15+/m0/s1. The van der Waals surface area contributed by atoms with Crippen LogP contribution in [0.4, 0.5) is 0 Å². The van der Waals surface area contributed by atoms with Gasteiger partial charge in [-0.05, 0) is 0 Å². The van der Waals surface area contributed by atoms with Crippen LogP contribution in [-0.4, -0.2) is 95.1 Å². The third-order valence-corrected chi connectivity index (χ3v) is 7.26. The van der Waals surface area contributed by atoms with Crippen LogP contribution in [0.3, 0.4) is 0 Å². The fourth-order valence-electron chi connectivity index (χ4n) is 3.68. The summed E-state index contributed by atoms with van der Waals surface area (Å²) in [7, 11) is -9.31. The van der Waals surface area contributed by atoms with Gasteiger partial charge in [-0.25, -0.2) is 9.13 Å². The molecule has 0 aromatic carbocycles. The Morgan fingerprint density at radius 3 is 1.67 bits per heavy atom. The van der Waals surface area contributed by atoms with Gasteiger partial charge in [-0.3, -0.25) is 18.1 Å². The predicted molar refractivity (Wildman–Crippen MR) is 107 cm³/mol. The highest BCUT2D eigenvalue weighted by molar-refractivity contribution is 7.47. The Labute approximate surface area is 189 Å². The molecule has 3 rings (SSSR count). The summed E-state index contributed by atoms with van der Waals surface area (Å²) in [6.07, 6.45) is -8.20. The average molecular weight is 523 g/mol. The van der Waals surface area contributed by atoms with Crippen LogP contribution in [-0.2, 0) is 41.4 Å².